The average Bonchev–Trinajstić information content (AvgIpc) is 3.32. The highest BCUT2D eigenvalue weighted by molar-refractivity contribution is 6.02. The van der Waals surface area contributed by atoms with Gasteiger partial charge in [-0.25, -0.2) is 0 Å². The van der Waals surface area contributed by atoms with Gasteiger partial charge in [0.1, 0.15) is 17.0 Å². The molecule has 4 rings (SSSR count). The summed E-state index contributed by atoms with van der Waals surface area (Å²) in [5.41, 5.74) is 0.739. The number of benzene rings is 1. The number of methoxy groups -OCH3 is 3. The van der Waals surface area contributed by atoms with Crippen LogP contribution in [0.25, 0.3) is 10.9 Å². The Kier molecular flexibility index (Phi) is 4.84. The maximum absolute atomic E-state index is 13.3. The fourth-order valence-corrected chi connectivity index (χ4v) is 4.21. The fourth-order valence-electron chi connectivity index (χ4n) is 4.21. The minimum atomic E-state index is -0.405. The third-order valence-electron chi connectivity index (χ3n) is 5.43. The van der Waals surface area contributed by atoms with Crippen molar-refractivity contribution in [3.63, 3.8) is 0 Å². The van der Waals surface area contributed by atoms with Gasteiger partial charge in [-0.15, -0.1) is 0 Å². The first-order chi connectivity index (χ1) is 13.5. The van der Waals surface area contributed by atoms with E-state index in [2.05, 4.69) is 4.98 Å². The molecule has 3 heterocycles. The van der Waals surface area contributed by atoms with Crippen LogP contribution in [0, 0.1) is 0 Å². The van der Waals surface area contributed by atoms with Crippen LogP contribution in [0.15, 0.2) is 12.1 Å². The van der Waals surface area contributed by atoms with Crippen molar-refractivity contribution in [3.8, 4) is 17.2 Å². The monoisotopic (exact) mass is 390 g/mol. The van der Waals surface area contributed by atoms with Crippen LogP contribution in [0.4, 0.5) is 0 Å². The molecule has 2 aromatic rings. The van der Waals surface area contributed by atoms with Crippen molar-refractivity contribution in [2.75, 3.05) is 47.6 Å². The van der Waals surface area contributed by atoms with Crippen molar-refractivity contribution in [2.24, 2.45) is 0 Å². The predicted molar refractivity (Wildman–Crippen MR) is 103 cm³/mol. The Hall–Kier alpha value is -2.45. The van der Waals surface area contributed by atoms with E-state index in [0.717, 1.165) is 11.8 Å². The number of nitrogens with zero attached hydrogens (tertiary/aromatic N) is 1. The molecule has 2 aliphatic rings. The number of aromatic amines is 1. The van der Waals surface area contributed by atoms with E-state index in [1.165, 1.54) is 0 Å². The highest BCUT2D eigenvalue weighted by Crippen LogP contribution is 2.41. The van der Waals surface area contributed by atoms with Crippen LogP contribution < -0.4 is 14.2 Å². The zero-order chi connectivity index (χ0) is 19.9. The van der Waals surface area contributed by atoms with Gasteiger partial charge in [-0.3, -0.25) is 4.79 Å². The van der Waals surface area contributed by atoms with Crippen molar-refractivity contribution in [1.82, 2.24) is 9.88 Å². The van der Waals surface area contributed by atoms with Gasteiger partial charge in [-0.1, -0.05) is 0 Å². The molecule has 8 heteroatoms. The summed E-state index contributed by atoms with van der Waals surface area (Å²) in [5.74, 6) is 1.60. The van der Waals surface area contributed by atoms with Crippen molar-refractivity contribution in [3.05, 3.63) is 17.8 Å². The van der Waals surface area contributed by atoms with Gasteiger partial charge >= 0.3 is 0 Å². The summed E-state index contributed by atoms with van der Waals surface area (Å²) in [6.07, 6.45) is 0.750. The Labute approximate surface area is 163 Å². The predicted octanol–water partition coefficient (Wildman–Crippen LogP) is 2.21. The highest BCUT2D eigenvalue weighted by atomic mass is 16.6. The molecule has 2 saturated heterocycles. The molecule has 2 fully saturated rings. The Balaban J connectivity index is 1.71. The van der Waals surface area contributed by atoms with E-state index in [4.69, 9.17) is 23.7 Å². The molecule has 152 valence electrons. The van der Waals surface area contributed by atoms with Crippen LogP contribution >= 0.6 is 0 Å². The molecular weight excluding hydrogens is 364 g/mol. The number of fused-ring (bicyclic) bond motifs is 1. The van der Waals surface area contributed by atoms with Crippen LogP contribution in [-0.2, 0) is 9.47 Å². The van der Waals surface area contributed by atoms with E-state index in [9.17, 15) is 4.79 Å². The number of carbonyl (C=O) groups is 1. The molecule has 0 saturated carbocycles. The number of nitrogens with one attached hydrogen (secondary N) is 1. The second-order valence-electron chi connectivity index (χ2n) is 7.39. The minimum absolute atomic E-state index is 0.0482. The minimum Gasteiger partial charge on any atom is -0.496 e. The lowest BCUT2D eigenvalue weighted by atomic mass is 9.99. The molecule has 0 unspecified atom stereocenters. The number of hydrogen-bond donors (Lipinski definition) is 1. The van der Waals surface area contributed by atoms with Crippen LogP contribution in [-0.4, -0.2) is 75.1 Å². The molecule has 2 atom stereocenters. The molecule has 1 aromatic carbocycles. The summed E-state index contributed by atoms with van der Waals surface area (Å²) < 4.78 is 28.1. The summed E-state index contributed by atoms with van der Waals surface area (Å²) in [7, 11) is 4.72. The van der Waals surface area contributed by atoms with Crippen LogP contribution in [0.2, 0.25) is 0 Å². The van der Waals surface area contributed by atoms with Gasteiger partial charge < -0.3 is 33.6 Å². The third kappa shape index (κ3) is 3.06. The number of aromatic nitrogens is 1. The Morgan fingerprint density at radius 3 is 2.64 bits per heavy atom. The molecule has 8 nitrogen and oxygen atoms in total. The lowest BCUT2D eigenvalue weighted by Crippen LogP contribution is -2.57. The molecule has 28 heavy (non-hydrogen) atoms. The number of ether oxygens (including phenoxy) is 5. The lowest BCUT2D eigenvalue weighted by molar-refractivity contribution is -0.138. The molecule has 1 spiro atoms. The second-order valence-corrected chi connectivity index (χ2v) is 7.39. The number of hydrogen-bond acceptors (Lipinski definition) is 6. The summed E-state index contributed by atoms with van der Waals surface area (Å²) in [6, 6.07) is 3.56. The zero-order valence-electron chi connectivity index (χ0n) is 16.7. The van der Waals surface area contributed by atoms with Gasteiger partial charge in [0.05, 0.1) is 46.1 Å². The van der Waals surface area contributed by atoms with Gasteiger partial charge in [0, 0.05) is 31.0 Å². The van der Waals surface area contributed by atoms with Crippen LogP contribution in [0.5, 0.6) is 17.2 Å². The summed E-state index contributed by atoms with van der Waals surface area (Å²) in [4.78, 5) is 18.3. The molecule has 0 bridgehead atoms. The van der Waals surface area contributed by atoms with Gasteiger partial charge in [0.25, 0.3) is 5.91 Å². The van der Waals surface area contributed by atoms with Gasteiger partial charge in [0.15, 0.2) is 11.5 Å². The quantitative estimate of drug-likeness (QED) is 0.862. The highest BCUT2D eigenvalue weighted by Gasteiger charge is 2.44. The van der Waals surface area contributed by atoms with E-state index in [-0.39, 0.29) is 12.0 Å². The molecule has 0 radical (unpaired) electrons. The number of rotatable bonds is 4. The van der Waals surface area contributed by atoms with E-state index in [1.54, 1.807) is 33.5 Å². The fraction of sp³-hybridized carbons (Fsp3) is 0.550. The van der Waals surface area contributed by atoms with Crippen LogP contribution in [0.1, 0.15) is 23.8 Å². The number of amides is 1. The molecule has 1 aromatic heterocycles. The van der Waals surface area contributed by atoms with Gasteiger partial charge in [0.2, 0.25) is 0 Å². The maximum Gasteiger partial charge on any atom is 0.270 e. The normalized spacial score (nSPS) is 24.7. The van der Waals surface area contributed by atoms with E-state index in [1.807, 2.05) is 11.8 Å². The van der Waals surface area contributed by atoms with Crippen molar-refractivity contribution in [1.29, 1.82) is 0 Å². The summed E-state index contributed by atoms with van der Waals surface area (Å²) in [5, 5.41) is 0.767. The van der Waals surface area contributed by atoms with Crippen molar-refractivity contribution >= 4 is 16.8 Å². The van der Waals surface area contributed by atoms with E-state index >= 15 is 0 Å². The molecule has 0 aliphatic carbocycles. The Bertz CT molecular complexity index is 886. The maximum atomic E-state index is 13.3. The Morgan fingerprint density at radius 2 is 2.00 bits per heavy atom. The number of carbonyl (C=O) groups excluding carboxylic acids is 1. The van der Waals surface area contributed by atoms with Crippen molar-refractivity contribution < 1.29 is 28.5 Å². The Morgan fingerprint density at radius 1 is 1.21 bits per heavy atom. The first-order valence-corrected chi connectivity index (χ1v) is 9.37. The van der Waals surface area contributed by atoms with E-state index in [0.29, 0.717) is 54.8 Å². The first-order valence-electron chi connectivity index (χ1n) is 9.37. The van der Waals surface area contributed by atoms with Crippen molar-refractivity contribution in [2.45, 2.75) is 25.0 Å². The number of morpholine rings is 1. The standard InChI is InChI=1S/C20H26N2O6/c1-12-9-22(10-20(28-12)5-6-27-11-20)19(23)14-7-13-15(24-2)8-16(25-3)18(26-4)17(13)21-14/h7-8,12,21H,5-6,9-11H2,1-4H3/t12-,20-/m1/s1. The van der Waals surface area contributed by atoms with Crippen LogP contribution in [0.3, 0.4) is 0 Å². The smallest absolute Gasteiger partial charge is 0.270 e. The molecular formula is C20H26N2O6. The zero-order valence-corrected chi connectivity index (χ0v) is 16.7. The summed E-state index contributed by atoms with van der Waals surface area (Å²) in [6.45, 7) is 4.22. The second kappa shape index (κ2) is 7.18. The lowest BCUT2D eigenvalue weighted by Gasteiger charge is -2.42. The molecule has 2 aliphatic heterocycles. The first kappa shape index (κ1) is 18.9. The SMILES string of the molecule is COc1cc(OC)c2cc(C(=O)N3C[C@@H](C)O[C@]4(CCOC4)C3)[nH]c2c1OC. The molecule has 1 amide bonds. The third-order valence-corrected chi connectivity index (χ3v) is 5.43. The molecule has 1 N–H and O–H groups in total. The topological polar surface area (TPSA) is 82.3 Å². The average molecular weight is 390 g/mol. The largest absolute Gasteiger partial charge is 0.496 e. The van der Waals surface area contributed by atoms with Gasteiger partial charge in [-0.2, -0.15) is 0 Å². The van der Waals surface area contributed by atoms with Gasteiger partial charge in [-0.05, 0) is 13.0 Å². The van der Waals surface area contributed by atoms with E-state index < -0.39 is 5.60 Å². The number of H-pyrrole nitrogens is 1. The summed E-state index contributed by atoms with van der Waals surface area (Å²) >= 11 is 0.